The van der Waals surface area contributed by atoms with E-state index in [0.29, 0.717) is 5.92 Å². The van der Waals surface area contributed by atoms with E-state index in [9.17, 15) is 0 Å². The average Bonchev–Trinajstić information content (AvgIpc) is 2.56. The molecular weight excluding hydrogens is 198 g/mol. The highest BCUT2D eigenvalue weighted by molar-refractivity contribution is 5.14. The van der Waals surface area contributed by atoms with Gasteiger partial charge in [-0.1, -0.05) is 27.2 Å². The molecule has 16 heavy (non-hydrogen) atoms. The Morgan fingerprint density at radius 3 is 2.81 bits per heavy atom. The average molecular weight is 223 g/mol. The van der Waals surface area contributed by atoms with Crippen LogP contribution in [0, 0.1) is 12.8 Å². The van der Waals surface area contributed by atoms with Crippen LogP contribution in [0.1, 0.15) is 44.9 Å². The van der Waals surface area contributed by atoms with E-state index in [2.05, 4.69) is 49.0 Å². The fourth-order valence-corrected chi connectivity index (χ4v) is 1.66. The molecule has 0 radical (unpaired) electrons. The number of hydrogen-bond acceptors (Lipinski definition) is 2. The molecule has 1 heterocycles. The maximum absolute atomic E-state index is 4.52. The van der Waals surface area contributed by atoms with Crippen molar-refractivity contribution in [2.24, 2.45) is 5.92 Å². The fourth-order valence-electron chi connectivity index (χ4n) is 1.66. The van der Waals surface area contributed by atoms with Crippen molar-refractivity contribution in [2.75, 3.05) is 6.54 Å². The van der Waals surface area contributed by atoms with E-state index in [4.69, 9.17) is 0 Å². The van der Waals surface area contributed by atoms with Crippen molar-refractivity contribution in [2.45, 2.75) is 53.6 Å². The number of aryl methyl sites for hydroxylation is 2. The third-order valence-electron chi connectivity index (χ3n) is 2.66. The molecule has 0 saturated heterocycles. The zero-order valence-corrected chi connectivity index (χ0v) is 11.1. The molecule has 0 aromatic carbocycles. The summed E-state index contributed by atoms with van der Waals surface area (Å²) in [4.78, 5) is 0. The van der Waals surface area contributed by atoms with Crippen LogP contribution in [-0.4, -0.2) is 16.3 Å². The first-order valence-corrected chi connectivity index (χ1v) is 6.37. The van der Waals surface area contributed by atoms with E-state index in [0.717, 1.165) is 25.3 Å². The molecule has 0 atom stereocenters. The zero-order valence-electron chi connectivity index (χ0n) is 11.1. The van der Waals surface area contributed by atoms with E-state index < -0.39 is 0 Å². The third kappa shape index (κ3) is 4.35. The summed E-state index contributed by atoms with van der Waals surface area (Å²) in [5.41, 5.74) is 2.49. The number of unbranched alkanes of at least 4 members (excludes halogenated alkanes) is 1. The van der Waals surface area contributed by atoms with Gasteiger partial charge in [0, 0.05) is 24.8 Å². The summed E-state index contributed by atoms with van der Waals surface area (Å²) >= 11 is 0. The van der Waals surface area contributed by atoms with Crippen LogP contribution in [0.25, 0.3) is 0 Å². The van der Waals surface area contributed by atoms with Crippen molar-refractivity contribution < 1.29 is 0 Å². The van der Waals surface area contributed by atoms with Crippen LogP contribution in [0.15, 0.2) is 6.20 Å². The lowest BCUT2D eigenvalue weighted by molar-refractivity contribution is 0.550. The molecule has 92 valence electrons. The Kier molecular flexibility index (Phi) is 5.53. The first-order chi connectivity index (χ1) is 7.63. The van der Waals surface area contributed by atoms with Crippen molar-refractivity contribution in [3.8, 4) is 0 Å². The van der Waals surface area contributed by atoms with Gasteiger partial charge in [-0.15, -0.1) is 0 Å². The van der Waals surface area contributed by atoms with Crippen molar-refractivity contribution in [1.29, 1.82) is 0 Å². The lowest BCUT2D eigenvalue weighted by Gasteiger charge is -2.05. The van der Waals surface area contributed by atoms with Crippen LogP contribution < -0.4 is 5.32 Å². The van der Waals surface area contributed by atoms with Crippen LogP contribution in [0.4, 0.5) is 0 Å². The summed E-state index contributed by atoms with van der Waals surface area (Å²) in [5.74, 6) is 0.704. The van der Waals surface area contributed by atoms with Gasteiger partial charge in [0.05, 0.1) is 5.69 Å². The smallest absolute Gasteiger partial charge is 0.0638 e. The molecule has 3 heteroatoms. The van der Waals surface area contributed by atoms with Crippen molar-refractivity contribution in [3.05, 3.63) is 17.5 Å². The Morgan fingerprint density at radius 1 is 1.44 bits per heavy atom. The van der Waals surface area contributed by atoms with Crippen molar-refractivity contribution in [1.82, 2.24) is 15.1 Å². The molecule has 1 rings (SSSR count). The molecule has 0 unspecified atom stereocenters. The minimum atomic E-state index is 0.704. The highest BCUT2D eigenvalue weighted by Crippen LogP contribution is 2.06. The normalized spacial score (nSPS) is 11.3. The molecule has 1 N–H and O–H groups in total. The van der Waals surface area contributed by atoms with Crippen LogP contribution in [-0.2, 0) is 13.1 Å². The second-order valence-corrected chi connectivity index (χ2v) is 4.88. The summed E-state index contributed by atoms with van der Waals surface area (Å²) < 4.78 is 2.07. The summed E-state index contributed by atoms with van der Waals surface area (Å²) in [7, 11) is 0. The Morgan fingerprint density at radius 2 is 2.19 bits per heavy atom. The molecule has 1 aromatic heterocycles. The monoisotopic (exact) mass is 223 g/mol. The zero-order chi connectivity index (χ0) is 12.0. The minimum absolute atomic E-state index is 0.704. The maximum atomic E-state index is 4.52. The van der Waals surface area contributed by atoms with Gasteiger partial charge in [0.25, 0.3) is 0 Å². The molecule has 0 fully saturated rings. The first kappa shape index (κ1) is 13.2. The fraction of sp³-hybridized carbons (Fsp3) is 0.769. The third-order valence-corrected chi connectivity index (χ3v) is 2.66. The van der Waals surface area contributed by atoms with Crippen LogP contribution in [0.5, 0.6) is 0 Å². The van der Waals surface area contributed by atoms with Gasteiger partial charge in [-0.3, -0.25) is 4.68 Å². The summed E-state index contributed by atoms with van der Waals surface area (Å²) in [6, 6.07) is 0. The predicted octanol–water partition coefficient (Wildman–Crippen LogP) is 2.74. The highest BCUT2D eigenvalue weighted by Gasteiger charge is 2.04. The predicted molar refractivity (Wildman–Crippen MR) is 68.4 cm³/mol. The number of hydrogen-bond donors (Lipinski definition) is 1. The molecular formula is C13H25N3. The van der Waals surface area contributed by atoms with Crippen molar-refractivity contribution >= 4 is 0 Å². The largest absolute Gasteiger partial charge is 0.312 e. The molecule has 0 bridgehead atoms. The lowest BCUT2D eigenvalue weighted by Crippen LogP contribution is -2.19. The van der Waals surface area contributed by atoms with Crippen LogP contribution >= 0.6 is 0 Å². The SMILES string of the molecule is CCCCn1cc(CNCC(C)C)c(C)n1. The van der Waals surface area contributed by atoms with Gasteiger partial charge in [-0.25, -0.2) is 0 Å². The topological polar surface area (TPSA) is 29.9 Å². The van der Waals surface area contributed by atoms with Gasteiger partial charge in [-0.05, 0) is 25.8 Å². The Hall–Kier alpha value is -0.830. The Bertz CT molecular complexity index is 302. The van der Waals surface area contributed by atoms with Crippen molar-refractivity contribution in [3.63, 3.8) is 0 Å². The quantitative estimate of drug-likeness (QED) is 0.770. The highest BCUT2D eigenvalue weighted by atomic mass is 15.3. The van der Waals surface area contributed by atoms with Gasteiger partial charge in [-0.2, -0.15) is 5.10 Å². The van der Waals surface area contributed by atoms with E-state index in [1.165, 1.54) is 18.4 Å². The van der Waals surface area contributed by atoms with E-state index in [1.807, 2.05) is 0 Å². The molecule has 0 aliphatic carbocycles. The Labute approximate surface area is 99.2 Å². The number of rotatable bonds is 7. The standard InChI is InChI=1S/C13H25N3/c1-5-6-7-16-10-13(12(4)15-16)9-14-8-11(2)3/h10-11,14H,5-9H2,1-4H3. The molecule has 0 spiro atoms. The number of nitrogens with zero attached hydrogens (tertiary/aromatic N) is 2. The number of nitrogens with one attached hydrogen (secondary N) is 1. The van der Waals surface area contributed by atoms with E-state index in [-0.39, 0.29) is 0 Å². The molecule has 0 aliphatic rings. The van der Waals surface area contributed by atoms with Crippen LogP contribution in [0.2, 0.25) is 0 Å². The van der Waals surface area contributed by atoms with Gasteiger partial charge in [0.1, 0.15) is 0 Å². The van der Waals surface area contributed by atoms with E-state index >= 15 is 0 Å². The lowest BCUT2D eigenvalue weighted by atomic mass is 10.2. The second-order valence-electron chi connectivity index (χ2n) is 4.88. The van der Waals surface area contributed by atoms with Gasteiger partial charge < -0.3 is 5.32 Å². The summed E-state index contributed by atoms with van der Waals surface area (Å²) in [6.07, 6.45) is 4.61. The molecule has 0 saturated carbocycles. The second kappa shape index (κ2) is 6.69. The van der Waals surface area contributed by atoms with Gasteiger partial charge in [0.2, 0.25) is 0 Å². The summed E-state index contributed by atoms with van der Waals surface area (Å²) in [5, 5.41) is 7.98. The maximum Gasteiger partial charge on any atom is 0.0638 e. The number of aromatic nitrogens is 2. The van der Waals surface area contributed by atoms with Gasteiger partial charge >= 0.3 is 0 Å². The molecule has 0 aliphatic heterocycles. The molecule has 1 aromatic rings. The van der Waals surface area contributed by atoms with Gasteiger partial charge in [0.15, 0.2) is 0 Å². The minimum Gasteiger partial charge on any atom is -0.312 e. The molecule has 0 amide bonds. The summed E-state index contributed by atoms with van der Waals surface area (Å²) in [6.45, 7) is 11.8. The first-order valence-electron chi connectivity index (χ1n) is 6.37. The van der Waals surface area contributed by atoms with E-state index in [1.54, 1.807) is 0 Å². The van der Waals surface area contributed by atoms with Crippen LogP contribution in [0.3, 0.4) is 0 Å². The Balaban J connectivity index is 2.43. The molecule has 3 nitrogen and oxygen atoms in total.